The van der Waals surface area contributed by atoms with Gasteiger partial charge in [-0.25, -0.2) is 15.0 Å². The number of hydrogen-bond acceptors (Lipinski definition) is 5. The van der Waals surface area contributed by atoms with Crippen LogP contribution in [0.25, 0.3) is 0 Å². The number of imidazole rings is 1. The van der Waals surface area contributed by atoms with Gasteiger partial charge in [-0.3, -0.25) is 4.79 Å². The lowest BCUT2D eigenvalue weighted by molar-refractivity contribution is -0.131. The van der Waals surface area contributed by atoms with Crippen LogP contribution < -0.4 is 4.90 Å². The normalized spacial score (nSPS) is 25.2. The molecule has 1 aliphatic heterocycles. The van der Waals surface area contributed by atoms with Gasteiger partial charge in [0.25, 0.3) is 0 Å². The predicted molar refractivity (Wildman–Crippen MR) is 93.9 cm³/mol. The van der Waals surface area contributed by atoms with Crippen LogP contribution in [0.3, 0.4) is 0 Å². The zero-order valence-electron chi connectivity index (χ0n) is 14.6. The van der Waals surface area contributed by atoms with Gasteiger partial charge in [-0.1, -0.05) is 0 Å². The molecule has 1 saturated carbocycles. The molecule has 1 amide bonds. The van der Waals surface area contributed by atoms with Crippen molar-refractivity contribution >= 4 is 11.7 Å². The Morgan fingerprint density at radius 3 is 2.96 bits per heavy atom. The van der Waals surface area contributed by atoms with E-state index in [1.165, 1.54) is 0 Å². The predicted octanol–water partition coefficient (Wildman–Crippen LogP) is 1.58. The molecule has 0 unspecified atom stereocenters. The first-order valence-corrected chi connectivity index (χ1v) is 8.88. The van der Waals surface area contributed by atoms with E-state index in [2.05, 4.69) is 31.8 Å². The van der Waals surface area contributed by atoms with Crippen molar-refractivity contribution in [1.82, 2.24) is 24.4 Å². The number of amides is 1. The monoisotopic (exact) mass is 340 g/mol. The van der Waals surface area contributed by atoms with Gasteiger partial charge in [-0.15, -0.1) is 0 Å². The number of carbonyl (C=O) groups is 1. The van der Waals surface area contributed by atoms with Gasteiger partial charge in [0.1, 0.15) is 12.1 Å². The van der Waals surface area contributed by atoms with Crippen molar-refractivity contribution in [2.24, 2.45) is 5.41 Å². The van der Waals surface area contributed by atoms with Crippen molar-refractivity contribution in [1.29, 1.82) is 0 Å². The Kier molecular flexibility index (Phi) is 4.15. The van der Waals surface area contributed by atoms with E-state index in [-0.39, 0.29) is 5.91 Å². The first-order chi connectivity index (χ1) is 12.2. The van der Waals surface area contributed by atoms with Crippen LogP contribution in [0, 0.1) is 5.41 Å². The van der Waals surface area contributed by atoms with Crippen LogP contribution >= 0.6 is 0 Å². The minimum atomic E-state index is 0.262. The fraction of sp³-hybridized carbons (Fsp3) is 0.556. The molecule has 3 heterocycles. The van der Waals surface area contributed by atoms with Crippen molar-refractivity contribution in [3.8, 4) is 0 Å². The Labute approximate surface area is 147 Å². The lowest BCUT2D eigenvalue weighted by Crippen LogP contribution is -2.51. The molecule has 0 aromatic carbocycles. The second kappa shape index (κ2) is 6.46. The van der Waals surface area contributed by atoms with E-state index in [1.54, 1.807) is 25.0 Å². The van der Waals surface area contributed by atoms with Crippen molar-refractivity contribution in [3.63, 3.8) is 0 Å². The molecule has 0 radical (unpaired) electrons. The van der Waals surface area contributed by atoms with E-state index < -0.39 is 0 Å². The fourth-order valence-electron chi connectivity index (χ4n) is 4.18. The highest BCUT2D eigenvalue weighted by atomic mass is 16.2. The summed E-state index contributed by atoms with van der Waals surface area (Å²) in [7, 11) is 2.10. The molecule has 2 aliphatic rings. The largest absolute Gasteiger partial charge is 0.357 e. The van der Waals surface area contributed by atoms with Crippen molar-refractivity contribution in [3.05, 3.63) is 37.3 Å². The van der Waals surface area contributed by atoms with Crippen LogP contribution in [0.1, 0.15) is 25.7 Å². The molecule has 0 atom stereocenters. The van der Waals surface area contributed by atoms with Gasteiger partial charge in [-0.05, 0) is 30.7 Å². The van der Waals surface area contributed by atoms with E-state index in [0.29, 0.717) is 24.4 Å². The number of carbonyl (C=O) groups excluding carboxylic acids is 1. The topological polar surface area (TPSA) is 67.2 Å². The smallest absolute Gasteiger partial charge is 0.224 e. The van der Waals surface area contributed by atoms with Crippen molar-refractivity contribution in [2.75, 3.05) is 25.0 Å². The third-order valence-electron chi connectivity index (χ3n) is 5.75. The summed E-state index contributed by atoms with van der Waals surface area (Å²) in [4.78, 5) is 29.1. The molecule has 1 aliphatic carbocycles. The summed E-state index contributed by atoms with van der Waals surface area (Å²) in [6.07, 6.45) is 12.7. The molecule has 0 N–H and O–H groups in total. The Bertz CT molecular complexity index is 710. The number of rotatable bonds is 5. The maximum Gasteiger partial charge on any atom is 0.224 e. The molecule has 132 valence electrons. The lowest BCUT2D eigenvalue weighted by Gasteiger charge is -2.49. The number of nitrogens with zero attached hydrogens (tertiary/aromatic N) is 6. The van der Waals surface area contributed by atoms with Crippen molar-refractivity contribution in [2.45, 2.75) is 38.3 Å². The Hall–Kier alpha value is -2.44. The first-order valence-electron chi connectivity index (χ1n) is 8.88. The number of hydrogen-bond donors (Lipinski definition) is 0. The van der Waals surface area contributed by atoms with Gasteiger partial charge < -0.3 is 14.4 Å². The van der Waals surface area contributed by atoms with Crippen LogP contribution in [0.2, 0.25) is 0 Å². The van der Waals surface area contributed by atoms with Gasteiger partial charge in [0, 0.05) is 57.7 Å². The first kappa shape index (κ1) is 16.1. The highest BCUT2D eigenvalue weighted by Crippen LogP contribution is 2.50. The standard InChI is InChI=1S/C18H24N6O/c1-22(16-2-5-19-13-21-16)15-10-18(11-15)4-8-24(12-18)17(25)3-7-23-9-6-20-14-23/h2,5-6,9,13-15H,3-4,7-8,10-12H2,1H3. The quantitative estimate of drug-likeness (QED) is 0.827. The van der Waals surface area contributed by atoms with E-state index in [9.17, 15) is 4.79 Å². The van der Waals surface area contributed by atoms with Crippen LogP contribution in [0.15, 0.2) is 37.3 Å². The van der Waals surface area contributed by atoms with Crippen LogP contribution in [0.4, 0.5) is 5.82 Å². The summed E-state index contributed by atoms with van der Waals surface area (Å²) in [5.41, 5.74) is 0.316. The molecule has 25 heavy (non-hydrogen) atoms. The van der Waals surface area contributed by atoms with Gasteiger partial charge in [0.15, 0.2) is 0 Å². The summed E-state index contributed by atoms with van der Waals surface area (Å²) < 4.78 is 1.96. The van der Waals surface area contributed by atoms with E-state index in [1.807, 2.05) is 16.8 Å². The van der Waals surface area contributed by atoms with Crippen LogP contribution in [-0.2, 0) is 11.3 Å². The molecule has 1 saturated heterocycles. The average molecular weight is 340 g/mol. The Morgan fingerprint density at radius 1 is 1.36 bits per heavy atom. The minimum Gasteiger partial charge on any atom is -0.357 e. The molecule has 2 aromatic heterocycles. The average Bonchev–Trinajstić information content (AvgIpc) is 3.28. The van der Waals surface area contributed by atoms with Gasteiger partial charge in [-0.2, -0.15) is 0 Å². The summed E-state index contributed by atoms with van der Waals surface area (Å²) in [6, 6.07) is 2.46. The number of aromatic nitrogens is 4. The number of anilines is 1. The number of aryl methyl sites for hydroxylation is 1. The van der Waals surface area contributed by atoms with Gasteiger partial charge >= 0.3 is 0 Å². The molecule has 2 fully saturated rings. The molecule has 0 bridgehead atoms. The summed E-state index contributed by atoms with van der Waals surface area (Å²) >= 11 is 0. The second-order valence-electron chi connectivity index (χ2n) is 7.36. The third-order valence-corrected chi connectivity index (χ3v) is 5.75. The summed E-state index contributed by atoms with van der Waals surface area (Å²) in [6.45, 7) is 2.51. The summed E-state index contributed by atoms with van der Waals surface area (Å²) in [5.74, 6) is 1.24. The molecule has 4 rings (SSSR count). The van der Waals surface area contributed by atoms with Gasteiger partial charge in [0.2, 0.25) is 5.91 Å². The molecular formula is C18H24N6O. The summed E-state index contributed by atoms with van der Waals surface area (Å²) in [5, 5.41) is 0. The van der Waals surface area contributed by atoms with E-state index in [0.717, 1.165) is 38.2 Å². The lowest BCUT2D eigenvalue weighted by atomic mass is 9.64. The second-order valence-corrected chi connectivity index (χ2v) is 7.36. The van der Waals surface area contributed by atoms with Crippen LogP contribution in [0.5, 0.6) is 0 Å². The third kappa shape index (κ3) is 3.23. The van der Waals surface area contributed by atoms with Crippen molar-refractivity contribution < 1.29 is 4.79 Å². The maximum absolute atomic E-state index is 12.5. The van der Waals surface area contributed by atoms with E-state index in [4.69, 9.17) is 0 Å². The highest BCUT2D eigenvalue weighted by molar-refractivity contribution is 5.76. The minimum absolute atomic E-state index is 0.262. The van der Waals surface area contributed by atoms with E-state index >= 15 is 0 Å². The van der Waals surface area contributed by atoms with Gasteiger partial charge in [0.05, 0.1) is 6.33 Å². The van der Waals surface area contributed by atoms with Crippen LogP contribution in [-0.4, -0.2) is 56.5 Å². The number of likely N-dealkylation sites (tertiary alicyclic amines) is 1. The molecule has 1 spiro atoms. The molecule has 7 nitrogen and oxygen atoms in total. The zero-order chi connectivity index (χ0) is 17.3. The Balaban J connectivity index is 1.28. The SMILES string of the molecule is CN(c1ccncn1)C1CC2(CCN(C(=O)CCn3ccnc3)C2)C1. The zero-order valence-corrected chi connectivity index (χ0v) is 14.6. The molecule has 7 heteroatoms. The Morgan fingerprint density at radius 2 is 2.24 bits per heavy atom. The molecule has 2 aromatic rings. The maximum atomic E-state index is 12.5. The highest BCUT2D eigenvalue weighted by Gasteiger charge is 2.50. The molecular weight excluding hydrogens is 316 g/mol. The fourth-order valence-corrected chi connectivity index (χ4v) is 4.18.